The Hall–Kier alpha value is -1.84. The molecule has 0 bridgehead atoms. The standard InChI is InChI=1S/C21H32N4O3.HI/c1-5-22-21(25-13-11-18(12-14-25)20(27)28-6-2)23-15-16-7-9-17(10-8-16)19(26)24(3)4;/h7-10,18H,5-6,11-15H2,1-4H3,(H,22,23);1H. The molecule has 29 heavy (non-hydrogen) atoms. The van der Waals surface area contributed by atoms with E-state index in [1.54, 1.807) is 19.0 Å². The molecule has 1 aromatic carbocycles. The number of guanidine groups is 1. The maximum atomic E-state index is 12.0. The SMILES string of the molecule is CCNC(=NCc1ccc(C(=O)N(C)C)cc1)N1CCC(C(=O)OCC)CC1.I. The van der Waals surface area contributed by atoms with Crippen molar-refractivity contribution in [3.05, 3.63) is 35.4 Å². The van der Waals surface area contributed by atoms with Crippen molar-refractivity contribution in [2.45, 2.75) is 33.2 Å². The van der Waals surface area contributed by atoms with E-state index in [0.29, 0.717) is 18.7 Å². The van der Waals surface area contributed by atoms with E-state index < -0.39 is 0 Å². The molecule has 1 heterocycles. The van der Waals surface area contributed by atoms with Crippen LogP contribution in [0.15, 0.2) is 29.3 Å². The van der Waals surface area contributed by atoms with Crippen LogP contribution in [0, 0.1) is 5.92 Å². The molecule has 1 N–H and O–H groups in total. The second kappa shape index (κ2) is 12.7. The van der Waals surface area contributed by atoms with Gasteiger partial charge in [-0.1, -0.05) is 12.1 Å². The molecular formula is C21H33IN4O3. The molecule has 0 atom stereocenters. The number of piperidine rings is 1. The van der Waals surface area contributed by atoms with Gasteiger partial charge in [0.25, 0.3) is 5.91 Å². The monoisotopic (exact) mass is 516 g/mol. The van der Waals surface area contributed by atoms with Crippen LogP contribution in [0.1, 0.15) is 42.6 Å². The number of rotatable bonds is 6. The van der Waals surface area contributed by atoms with Crippen LogP contribution in [0.5, 0.6) is 0 Å². The van der Waals surface area contributed by atoms with Gasteiger partial charge in [0, 0.05) is 39.3 Å². The molecule has 1 aliphatic heterocycles. The van der Waals surface area contributed by atoms with Crippen molar-refractivity contribution in [1.82, 2.24) is 15.1 Å². The van der Waals surface area contributed by atoms with Gasteiger partial charge in [-0.25, -0.2) is 4.99 Å². The number of esters is 1. The number of hydrogen-bond acceptors (Lipinski definition) is 4. The molecule has 2 rings (SSSR count). The third-order valence-corrected chi connectivity index (χ3v) is 4.77. The van der Waals surface area contributed by atoms with E-state index in [1.807, 2.05) is 38.1 Å². The van der Waals surface area contributed by atoms with Crippen LogP contribution < -0.4 is 5.32 Å². The predicted molar refractivity (Wildman–Crippen MR) is 126 cm³/mol. The van der Waals surface area contributed by atoms with Crippen molar-refractivity contribution in [1.29, 1.82) is 0 Å². The summed E-state index contributed by atoms with van der Waals surface area (Å²) < 4.78 is 5.14. The molecule has 1 fully saturated rings. The first-order valence-corrected chi connectivity index (χ1v) is 9.96. The van der Waals surface area contributed by atoms with Crippen molar-refractivity contribution < 1.29 is 14.3 Å². The fourth-order valence-electron chi connectivity index (χ4n) is 3.19. The zero-order chi connectivity index (χ0) is 20.5. The highest BCUT2D eigenvalue weighted by Crippen LogP contribution is 2.19. The second-order valence-corrected chi connectivity index (χ2v) is 7.08. The molecule has 8 heteroatoms. The van der Waals surface area contributed by atoms with Crippen molar-refractivity contribution in [2.75, 3.05) is 40.3 Å². The minimum absolute atomic E-state index is 0. The van der Waals surface area contributed by atoms with Crippen molar-refractivity contribution >= 4 is 41.8 Å². The van der Waals surface area contributed by atoms with E-state index in [1.165, 1.54) is 0 Å². The Morgan fingerprint density at radius 1 is 1.17 bits per heavy atom. The second-order valence-electron chi connectivity index (χ2n) is 7.08. The quantitative estimate of drug-likeness (QED) is 0.273. The summed E-state index contributed by atoms with van der Waals surface area (Å²) in [6, 6.07) is 7.56. The first kappa shape index (κ1) is 25.2. The zero-order valence-corrected chi connectivity index (χ0v) is 20.1. The lowest BCUT2D eigenvalue weighted by molar-refractivity contribution is -0.149. The van der Waals surface area contributed by atoms with Gasteiger partial charge in [-0.3, -0.25) is 9.59 Å². The third-order valence-electron chi connectivity index (χ3n) is 4.77. The minimum atomic E-state index is -0.0866. The molecule has 0 saturated carbocycles. The van der Waals surface area contributed by atoms with Crippen LogP contribution in [0.3, 0.4) is 0 Å². The van der Waals surface area contributed by atoms with Gasteiger partial charge >= 0.3 is 5.97 Å². The van der Waals surface area contributed by atoms with Crippen molar-refractivity contribution in [3.8, 4) is 0 Å². The topological polar surface area (TPSA) is 74.2 Å². The lowest BCUT2D eigenvalue weighted by Gasteiger charge is -2.33. The number of aliphatic imine (C=N–C) groups is 1. The van der Waals surface area contributed by atoms with Gasteiger partial charge in [0.05, 0.1) is 19.1 Å². The molecule has 0 spiro atoms. The number of benzene rings is 1. The van der Waals surface area contributed by atoms with Crippen molar-refractivity contribution in [2.24, 2.45) is 10.9 Å². The van der Waals surface area contributed by atoms with E-state index in [9.17, 15) is 9.59 Å². The molecule has 1 amide bonds. The summed E-state index contributed by atoms with van der Waals surface area (Å²) in [6.45, 7) is 7.21. The Morgan fingerprint density at radius 2 is 1.79 bits per heavy atom. The van der Waals surface area contributed by atoms with Crippen LogP contribution in [-0.4, -0.2) is 68.0 Å². The van der Waals surface area contributed by atoms with Gasteiger partial charge < -0.3 is 19.9 Å². The van der Waals surface area contributed by atoms with E-state index in [2.05, 4.69) is 10.2 Å². The van der Waals surface area contributed by atoms with Crippen molar-refractivity contribution in [3.63, 3.8) is 0 Å². The number of likely N-dealkylation sites (tertiary alicyclic amines) is 1. The number of nitrogens with zero attached hydrogens (tertiary/aromatic N) is 3. The summed E-state index contributed by atoms with van der Waals surface area (Å²) in [5.41, 5.74) is 1.72. The molecule has 0 radical (unpaired) electrons. The van der Waals surface area contributed by atoms with Crippen LogP contribution in [0.2, 0.25) is 0 Å². The fraction of sp³-hybridized carbons (Fsp3) is 0.571. The summed E-state index contributed by atoms with van der Waals surface area (Å²) in [4.78, 5) is 32.4. The number of carbonyl (C=O) groups is 2. The molecule has 0 unspecified atom stereocenters. The highest BCUT2D eigenvalue weighted by molar-refractivity contribution is 14.0. The summed E-state index contributed by atoms with van der Waals surface area (Å²) in [6.07, 6.45) is 1.56. The number of nitrogens with one attached hydrogen (secondary N) is 1. The van der Waals surface area contributed by atoms with Gasteiger partial charge in [-0.05, 0) is 44.4 Å². The first-order chi connectivity index (χ1) is 13.5. The maximum Gasteiger partial charge on any atom is 0.309 e. The molecule has 0 aliphatic carbocycles. The maximum absolute atomic E-state index is 12.0. The smallest absolute Gasteiger partial charge is 0.309 e. The average Bonchev–Trinajstić information content (AvgIpc) is 2.71. The molecule has 1 aliphatic rings. The van der Waals surface area contributed by atoms with Crippen LogP contribution >= 0.6 is 24.0 Å². The molecular weight excluding hydrogens is 483 g/mol. The number of carbonyl (C=O) groups excluding carboxylic acids is 2. The molecule has 162 valence electrons. The number of halogens is 1. The molecule has 1 aromatic rings. The summed E-state index contributed by atoms with van der Waals surface area (Å²) >= 11 is 0. The van der Waals surface area contributed by atoms with E-state index in [0.717, 1.165) is 44.0 Å². The molecule has 0 aromatic heterocycles. The Morgan fingerprint density at radius 3 is 2.31 bits per heavy atom. The number of amides is 1. The molecule has 1 saturated heterocycles. The van der Waals surface area contributed by atoms with E-state index in [4.69, 9.17) is 9.73 Å². The Bertz CT molecular complexity index is 684. The normalized spacial score (nSPS) is 14.8. The minimum Gasteiger partial charge on any atom is -0.466 e. The predicted octanol–water partition coefficient (Wildman–Crippen LogP) is 2.75. The fourth-order valence-corrected chi connectivity index (χ4v) is 3.19. The summed E-state index contributed by atoms with van der Waals surface area (Å²) in [5, 5.41) is 3.34. The largest absolute Gasteiger partial charge is 0.466 e. The lowest BCUT2D eigenvalue weighted by atomic mass is 9.97. The third kappa shape index (κ3) is 7.49. The summed E-state index contributed by atoms with van der Waals surface area (Å²) in [5.74, 6) is 0.753. The lowest BCUT2D eigenvalue weighted by Crippen LogP contribution is -2.46. The highest BCUT2D eigenvalue weighted by atomic mass is 127. The summed E-state index contributed by atoms with van der Waals surface area (Å²) in [7, 11) is 3.49. The Labute approximate surface area is 190 Å². The van der Waals surface area contributed by atoms with E-state index in [-0.39, 0.29) is 41.8 Å². The zero-order valence-electron chi connectivity index (χ0n) is 17.8. The van der Waals surface area contributed by atoms with Gasteiger partial charge in [0.1, 0.15) is 0 Å². The van der Waals surface area contributed by atoms with Gasteiger partial charge in [0.2, 0.25) is 0 Å². The molecule has 7 nitrogen and oxygen atoms in total. The highest BCUT2D eigenvalue weighted by Gasteiger charge is 2.27. The van der Waals surface area contributed by atoms with Gasteiger partial charge in [-0.15, -0.1) is 24.0 Å². The van der Waals surface area contributed by atoms with Crippen LogP contribution in [0.4, 0.5) is 0 Å². The first-order valence-electron chi connectivity index (χ1n) is 9.96. The Kier molecular flexibility index (Phi) is 11.0. The number of ether oxygens (including phenoxy) is 1. The average molecular weight is 516 g/mol. The van der Waals surface area contributed by atoms with Gasteiger partial charge in [-0.2, -0.15) is 0 Å². The van der Waals surface area contributed by atoms with E-state index >= 15 is 0 Å². The number of hydrogen-bond donors (Lipinski definition) is 1. The van der Waals surface area contributed by atoms with Crippen LogP contribution in [0.25, 0.3) is 0 Å². The van der Waals surface area contributed by atoms with Gasteiger partial charge in [0.15, 0.2) is 5.96 Å². The van der Waals surface area contributed by atoms with Crippen LogP contribution in [-0.2, 0) is 16.1 Å². The Balaban J connectivity index is 0.00000420.